The maximum absolute atomic E-state index is 12.8. The molecule has 2 amide bonds. The highest BCUT2D eigenvalue weighted by molar-refractivity contribution is 7.18. The van der Waals surface area contributed by atoms with Crippen molar-refractivity contribution in [2.75, 3.05) is 10.6 Å². The summed E-state index contributed by atoms with van der Waals surface area (Å²) >= 11 is 7.47. The zero-order chi connectivity index (χ0) is 19.0. The van der Waals surface area contributed by atoms with E-state index in [4.69, 9.17) is 11.6 Å². The van der Waals surface area contributed by atoms with Crippen molar-refractivity contribution in [2.45, 2.75) is 19.3 Å². The Labute approximate surface area is 166 Å². The molecule has 4 rings (SSSR count). The topological polar surface area (TPSA) is 58.2 Å². The minimum Gasteiger partial charge on any atom is -0.321 e. The molecule has 0 fully saturated rings. The third-order valence-corrected chi connectivity index (χ3v) is 6.13. The van der Waals surface area contributed by atoms with Gasteiger partial charge in [-0.2, -0.15) is 0 Å². The lowest BCUT2D eigenvalue weighted by molar-refractivity contribution is -0.116. The molecule has 1 aliphatic heterocycles. The fourth-order valence-corrected chi connectivity index (χ4v) is 4.82. The number of hydrogen-bond acceptors (Lipinski definition) is 3. The average molecular weight is 397 g/mol. The van der Waals surface area contributed by atoms with E-state index in [1.165, 1.54) is 11.3 Å². The molecule has 0 spiro atoms. The first-order valence-corrected chi connectivity index (χ1v) is 9.77. The number of hydrogen-bond donors (Lipinski definition) is 2. The van der Waals surface area contributed by atoms with Crippen molar-refractivity contribution in [3.05, 3.63) is 81.2 Å². The summed E-state index contributed by atoms with van der Waals surface area (Å²) in [4.78, 5) is 25.6. The van der Waals surface area contributed by atoms with Crippen LogP contribution in [0.15, 0.2) is 54.6 Å². The fourth-order valence-electron chi connectivity index (χ4n) is 3.44. The molecule has 0 saturated heterocycles. The minimum absolute atomic E-state index is 0.0521. The molecule has 1 atom stereocenters. The van der Waals surface area contributed by atoms with Crippen LogP contribution >= 0.6 is 22.9 Å². The summed E-state index contributed by atoms with van der Waals surface area (Å²) in [6, 6.07) is 16.9. The SMILES string of the molecule is Cc1c(C(=O)Nc2ccccc2)sc2c1[C@H](c1cccc(Cl)c1)CC(=O)N2. The van der Waals surface area contributed by atoms with Crippen molar-refractivity contribution in [1.82, 2.24) is 0 Å². The largest absolute Gasteiger partial charge is 0.321 e. The molecule has 0 saturated carbocycles. The first-order chi connectivity index (χ1) is 13.0. The molecule has 1 aromatic heterocycles. The van der Waals surface area contributed by atoms with Gasteiger partial charge in [-0.25, -0.2) is 0 Å². The van der Waals surface area contributed by atoms with Crippen LogP contribution in [0.5, 0.6) is 0 Å². The van der Waals surface area contributed by atoms with Crippen LogP contribution in [0.3, 0.4) is 0 Å². The van der Waals surface area contributed by atoms with Gasteiger partial charge in [0.05, 0.1) is 9.88 Å². The standard InChI is InChI=1S/C21H17ClN2O2S/c1-12-18-16(13-6-5-7-14(22)10-13)11-17(25)24-21(18)27-19(12)20(26)23-15-8-3-2-4-9-15/h2-10,16H,11H2,1H3,(H,23,26)(H,24,25)/t16-/m0/s1. The molecule has 2 heterocycles. The van der Waals surface area contributed by atoms with Gasteiger partial charge in [-0.05, 0) is 47.9 Å². The monoisotopic (exact) mass is 396 g/mol. The molecular formula is C21H17ClN2O2S. The third kappa shape index (κ3) is 3.48. The smallest absolute Gasteiger partial charge is 0.266 e. The van der Waals surface area contributed by atoms with E-state index in [1.54, 1.807) is 0 Å². The van der Waals surface area contributed by atoms with Crippen LogP contribution in [0.4, 0.5) is 10.7 Å². The van der Waals surface area contributed by atoms with Gasteiger partial charge in [0.25, 0.3) is 5.91 Å². The van der Waals surface area contributed by atoms with Gasteiger partial charge in [-0.15, -0.1) is 11.3 Å². The zero-order valence-electron chi connectivity index (χ0n) is 14.6. The number of halogens is 1. The second kappa shape index (κ2) is 7.18. The Morgan fingerprint density at radius 2 is 1.96 bits per heavy atom. The molecule has 136 valence electrons. The molecule has 2 aromatic carbocycles. The Morgan fingerprint density at radius 1 is 1.19 bits per heavy atom. The van der Waals surface area contributed by atoms with Gasteiger partial charge >= 0.3 is 0 Å². The summed E-state index contributed by atoms with van der Waals surface area (Å²) in [7, 11) is 0. The summed E-state index contributed by atoms with van der Waals surface area (Å²) in [5.41, 5.74) is 3.62. The number of nitrogens with one attached hydrogen (secondary N) is 2. The predicted octanol–water partition coefficient (Wildman–Crippen LogP) is 5.44. The maximum atomic E-state index is 12.8. The molecule has 6 heteroatoms. The predicted molar refractivity (Wildman–Crippen MR) is 110 cm³/mol. The first kappa shape index (κ1) is 17.8. The number of fused-ring (bicyclic) bond motifs is 1. The van der Waals surface area contributed by atoms with E-state index in [2.05, 4.69) is 10.6 Å². The normalized spacial score (nSPS) is 15.8. The lowest BCUT2D eigenvalue weighted by atomic mass is 9.85. The van der Waals surface area contributed by atoms with Gasteiger partial charge in [0.1, 0.15) is 0 Å². The number of rotatable bonds is 3. The van der Waals surface area contributed by atoms with Gasteiger partial charge in [0.15, 0.2) is 0 Å². The maximum Gasteiger partial charge on any atom is 0.266 e. The van der Waals surface area contributed by atoms with E-state index in [1.807, 2.05) is 61.5 Å². The highest BCUT2D eigenvalue weighted by atomic mass is 35.5. The van der Waals surface area contributed by atoms with E-state index in [0.717, 1.165) is 27.4 Å². The second-order valence-corrected chi connectivity index (χ2v) is 7.94. The lowest BCUT2D eigenvalue weighted by Crippen LogP contribution is -2.22. The van der Waals surface area contributed by atoms with Crippen molar-refractivity contribution in [1.29, 1.82) is 0 Å². The van der Waals surface area contributed by atoms with Crippen LogP contribution in [0.1, 0.15) is 38.7 Å². The highest BCUT2D eigenvalue weighted by Crippen LogP contribution is 2.45. The summed E-state index contributed by atoms with van der Waals surface area (Å²) in [5, 5.41) is 7.22. The Kier molecular flexibility index (Phi) is 4.72. The van der Waals surface area contributed by atoms with Crippen LogP contribution in [0, 0.1) is 6.92 Å². The molecule has 0 bridgehead atoms. The van der Waals surface area contributed by atoms with Gasteiger partial charge in [0.2, 0.25) is 5.91 Å². The molecular weight excluding hydrogens is 380 g/mol. The van der Waals surface area contributed by atoms with Crippen LogP contribution in [0.25, 0.3) is 0 Å². The van der Waals surface area contributed by atoms with Crippen LogP contribution < -0.4 is 10.6 Å². The van der Waals surface area contributed by atoms with Gasteiger partial charge in [0, 0.05) is 23.0 Å². The quantitative estimate of drug-likeness (QED) is 0.619. The molecule has 0 aliphatic carbocycles. The molecule has 27 heavy (non-hydrogen) atoms. The Morgan fingerprint density at radius 3 is 2.70 bits per heavy atom. The molecule has 2 N–H and O–H groups in total. The van der Waals surface area contributed by atoms with Gasteiger partial charge in [-0.1, -0.05) is 41.9 Å². The molecule has 3 aromatic rings. The number of anilines is 2. The van der Waals surface area contributed by atoms with E-state index < -0.39 is 0 Å². The molecule has 0 radical (unpaired) electrons. The van der Waals surface area contributed by atoms with Crippen LogP contribution in [-0.4, -0.2) is 11.8 Å². The lowest BCUT2D eigenvalue weighted by Gasteiger charge is -2.24. The summed E-state index contributed by atoms with van der Waals surface area (Å²) in [5.74, 6) is -0.331. The van der Waals surface area contributed by atoms with Crippen molar-refractivity contribution >= 4 is 45.4 Å². The summed E-state index contributed by atoms with van der Waals surface area (Å²) in [6.45, 7) is 1.93. The van der Waals surface area contributed by atoms with E-state index in [0.29, 0.717) is 16.3 Å². The number of carbonyl (C=O) groups is 2. The van der Waals surface area contributed by atoms with Crippen molar-refractivity contribution in [2.24, 2.45) is 0 Å². The second-order valence-electron chi connectivity index (χ2n) is 6.48. The van der Waals surface area contributed by atoms with Gasteiger partial charge in [-0.3, -0.25) is 9.59 Å². The van der Waals surface area contributed by atoms with Crippen LogP contribution in [-0.2, 0) is 4.79 Å². The average Bonchev–Trinajstić information content (AvgIpc) is 2.98. The summed E-state index contributed by atoms with van der Waals surface area (Å²) in [6.07, 6.45) is 0.338. The van der Waals surface area contributed by atoms with Crippen molar-refractivity contribution in [3.8, 4) is 0 Å². The molecule has 0 unspecified atom stereocenters. The first-order valence-electron chi connectivity index (χ1n) is 8.58. The van der Waals surface area contributed by atoms with Gasteiger partial charge < -0.3 is 10.6 Å². The highest BCUT2D eigenvalue weighted by Gasteiger charge is 2.32. The van der Waals surface area contributed by atoms with E-state index >= 15 is 0 Å². The number of thiophene rings is 1. The van der Waals surface area contributed by atoms with E-state index in [9.17, 15) is 9.59 Å². The van der Waals surface area contributed by atoms with Crippen molar-refractivity contribution in [3.63, 3.8) is 0 Å². The minimum atomic E-state index is -0.169. The number of benzene rings is 2. The number of amides is 2. The Hall–Kier alpha value is -2.63. The summed E-state index contributed by atoms with van der Waals surface area (Å²) < 4.78 is 0. The number of para-hydroxylation sites is 1. The fraction of sp³-hybridized carbons (Fsp3) is 0.143. The van der Waals surface area contributed by atoms with E-state index in [-0.39, 0.29) is 17.7 Å². The third-order valence-electron chi connectivity index (χ3n) is 4.67. The Bertz CT molecular complexity index is 1030. The zero-order valence-corrected chi connectivity index (χ0v) is 16.2. The number of carbonyl (C=O) groups excluding carboxylic acids is 2. The van der Waals surface area contributed by atoms with Crippen LogP contribution in [0.2, 0.25) is 5.02 Å². The van der Waals surface area contributed by atoms with Crippen molar-refractivity contribution < 1.29 is 9.59 Å². The molecule has 1 aliphatic rings. The molecule has 4 nitrogen and oxygen atoms in total. The Balaban J connectivity index is 1.73.